The van der Waals surface area contributed by atoms with E-state index < -0.39 is 14.9 Å². The Bertz CT molecular complexity index is 735. The average Bonchev–Trinajstić information content (AvgIpc) is 2.96. The lowest BCUT2D eigenvalue weighted by atomic mass is 10.2. The lowest BCUT2D eigenvalue weighted by molar-refractivity contribution is -0.384. The van der Waals surface area contributed by atoms with Crippen LogP contribution in [0.5, 0.6) is 0 Å². The minimum Gasteiger partial charge on any atom is -0.379 e. The first-order chi connectivity index (χ1) is 11.3. The first-order valence-corrected chi connectivity index (χ1v) is 9.07. The number of amides is 1. The fraction of sp³-hybridized carbons (Fsp3) is 0.500. The normalized spacial score (nSPS) is 14.9. The summed E-state index contributed by atoms with van der Waals surface area (Å²) in [5.74, 6) is 0.141. The van der Waals surface area contributed by atoms with Crippen LogP contribution in [0.2, 0.25) is 0 Å². The van der Waals surface area contributed by atoms with Crippen molar-refractivity contribution in [1.29, 1.82) is 0 Å². The van der Waals surface area contributed by atoms with Crippen LogP contribution in [0.15, 0.2) is 23.1 Å². The Hall–Kier alpha value is -2.20. The zero-order valence-corrected chi connectivity index (χ0v) is 14.1. The number of hydrogen-bond donors (Lipinski definition) is 2. The van der Waals surface area contributed by atoms with Gasteiger partial charge in [0, 0.05) is 32.1 Å². The molecule has 1 aromatic rings. The predicted octanol–water partition coefficient (Wildman–Crippen LogP) is 0.927. The second-order valence-corrected chi connectivity index (χ2v) is 7.29. The number of benzene rings is 1. The fourth-order valence-corrected chi connectivity index (χ4v) is 3.28. The third-order valence-corrected chi connectivity index (χ3v) is 5.25. The summed E-state index contributed by atoms with van der Waals surface area (Å²) in [4.78, 5) is 23.7. The number of anilines is 1. The Labute approximate surface area is 140 Å². The Morgan fingerprint density at radius 1 is 1.38 bits per heavy atom. The van der Waals surface area contributed by atoms with E-state index in [9.17, 15) is 23.3 Å². The summed E-state index contributed by atoms with van der Waals surface area (Å²) < 4.78 is 25.6. The standard InChI is InChI=1S/C14H20N4O5S/c1-15-24(22,23)11-5-6-12(13(10-11)18(20)21)16-7-3-9-17-8-2-4-14(17)19/h5-6,10,15-16H,2-4,7-9H2,1H3. The Morgan fingerprint density at radius 2 is 2.12 bits per heavy atom. The van der Waals surface area contributed by atoms with E-state index >= 15 is 0 Å². The van der Waals surface area contributed by atoms with E-state index in [-0.39, 0.29) is 22.2 Å². The Kier molecular flexibility index (Phi) is 5.73. The number of carbonyl (C=O) groups excluding carboxylic acids is 1. The van der Waals surface area contributed by atoms with Gasteiger partial charge in [-0.25, -0.2) is 13.1 Å². The molecule has 0 radical (unpaired) electrons. The molecule has 1 aliphatic heterocycles. The van der Waals surface area contributed by atoms with Gasteiger partial charge in [-0.3, -0.25) is 14.9 Å². The van der Waals surface area contributed by atoms with Crippen molar-refractivity contribution in [3.05, 3.63) is 28.3 Å². The van der Waals surface area contributed by atoms with Gasteiger partial charge in [0.15, 0.2) is 0 Å². The molecular weight excluding hydrogens is 336 g/mol. The summed E-state index contributed by atoms with van der Waals surface area (Å²) in [7, 11) is -2.50. The molecule has 0 bridgehead atoms. The molecule has 1 aromatic carbocycles. The monoisotopic (exact) mass is 356 g/mol. The zero-order valence-electron chi connectivity index (χ0n) is 13.3. The summed E-state index contributed by atoms with van der Waals surface area (Å²) >= 11 is 0. The zero-order chi connectivity index (χ0) is 17.7. The molecule has 0 spiro atoms. The highest BCUT2D eigenvalue weighted by atomic mass is 32.2. The molecule has 0 saturated carbocycles. The molecule has 0 aromatic heterocycles. The van der Waals surface area contributed by atoms with E-state index in [1.165, 1.54) is 19.2 Å². The van der Waals surface area contributed by atoms with Crippen molar-refractivity contribution in [2.45, 2.75) is 24.2 Å². The fourth-order valence-electron chi connectivity index (χ4n) is 2.53. The highest BCUT2D eigenvalue weighted by molar-refractivity contribution is 7.89. The third kappa shape index (κ3) is 4.20. The van der Waals surface area contributed by atoms with Crippen molar-refractivity contribution < 1.29 is 18.1 Å². The summed E-state index contributed by atoms with van der Waals surface area (Å²) in [5, 5.41) is 14.1. The second-order valence-electron chi connectivity index (χ2n) is 5.41. The summed E-state index contributed by atoms with van der Waals surface area (Å²) in [5.41, 5.74) is -0.0497. The van der Waals surface area contributed by atoms with Crippen LogP contribution in [0.4, 0.5) is 11.4 Å². The van der Waals surface area contributed by atoms with E-state index in [1.54, 1.807) is 4.90 Å². The first kappa shape index (κ1) is 18.1. The molecule has 1 heterocycles. The van der Waals surface area contributed by atoms with Gasteiger partial charge < -0.3 is 10.2 Å². The minimum absolute atomic E-state index is 0.141. The first-order valence-electron chi connectivity index (χ1n) is 7.59. The van der Waals surface area contributed by atoms with Crippen LogP contribution in [0.1, 0.15) is 19.3 Å². The van der Waals surface area contributed by atoms with Gasteiger partial charge in [-0.05, 0) is 32.0 Å². The van der Waals surface area contributed by atoms with E-state index in [1.807, 2.05) is 0 Å². The molecular formula is C14H20N4O5S. The van der Waals surface area contributed by atoms with Gasteiger partial charge in [-0.2, -0.15) is 0 Å². The quantitative estimate of drug-likeness (QED) is 0.406. The molecule has 0 aliphatic carbocycles. The topological polar surface area (TPSA) is 122 Å². The number of nitro groups is 1. The van der Waals surface area contributed by atoms with Gasteiger partial charge in [0.1, 0.15) is 5.69 Å². The molecule has 9 nitrogen and oxygen atoms in total. The molecule has 0 unspecified atom stereocenters. The molecule has 2 rings (SSSR count). The van der Waals surface area contributed by atoms with Crippen LogP contribution in [0.3, 0.4) is 0 Å². The van der Waals surface area contributed by atoms with Crippen molar-refractivity contribution in [2.75, 3.05) is 32.0 Å². The number of nitrogens with one attached hydrogen (secondary N) is 2. The lowest BCUT2D eigenvalue weighted by Crippen LogP contribution is -2.27. The number of hydrogen-bond acceptors (Lipinski definition) is 6. The number of carbonyl (C=O) groups is 1. The van der Waals surface area contributed by atoms with Gasteiger partial charge in [0.2, 0.25) is 15.9 Å². The van der Waals surface area contributed by atoms with Crippen molar-refractivity contribution in [1.82, 2.24) is 9.62 Å². The van der Waals surface area contributed by atoms with Gasteiger partial charge in [0.25, 0.3) is 5.69 Å². The maximum Gasteiger partial charge on any atom is 0.293 e. The molecule has 1 aliphatic rings. The van der Waals surface area contributed by atoms with Crippen LogP contribution in [-0.4, -0.2) is 50.8 Å². The molecule has 1 fully saturated rings. The highest BCUT2D eigenvalue weighted by Crippen LogP contribution is 2.27. The molecule has 24 heavy (non-hydrogen) atoms. The van der Waals surface area contributed by atoms with Gasteiger partial charge in [-0.15, -0.1) is 0 Å². The van der Waals surface area contributed by atoms with Crippen LogP contribution in [0, 0.1) is 10.1 Å². The average molecular weight is 356 g/mol. The molecule has 132 valence electrons. The summed E-state index contributed by atoms with van der Waals surface area (Å²) in [6.45, 7) is 1.81. The molecule has 2 N–H and O–H groups in total. The van der Waals surface area contributed by atoms with Crippen molar-refractivity contribution in [3.8, 4) is 0 Å². The van der Waals surface area contributed by atoms with Gasteiger partial charge in [-0.1, -0.05) is 0 Å². The number of rotatable bonds is 8. The largest absolute Gasteiger partial charge is 0.379 e. The van der Waals surface area contributed by atoms with Gasteiger partial charge in [0.05, 0.1) is 9.82 Å². The minimum atomic E-state index is -3.74. The van der Waals surface area contributed by atoms with Crippen molar-refractivity contribution >= 4 is 27.3 Å². The number of nitro benzene ring substituents is 1. The van der Waals surface area contributed by atoms with Crippen LogP contribution >= 0.6 is 0 Å². The van der Waals surface area contributed by atoms with E-state index in [2.05, 4.69) is 10.0 Å². The SMILES string of the molecule is CNS(=O)(=O)c1ccc(NCCCN2CCCC2=O)c([N+](=O)[O-])c1. The Balaban J connectivity index is 2.01. The smallest absolute Gasteiger partial charge is 0.293 e. The maximum absolute atomic E-state index is 11.7. The number of likely N-dealkylation sites (tertiary alicyclic amines) is 1. The number of sulfonamides is 1. The molecule has 1 saturated heterocycles. The molecule has 10 heteroatoms. The van der Waals surface area contributed by atoms with E-state index in [0.717, 1.165) is 19.0 Å². The Morgan fingerprint density at radius 3 is 2.71 bits per heavy atom. The summed E-state index contributed by atoms with van der Waals surface area (Å²) in [6.07, 6.45) is 2.11. The van der Waals surface area contributed by atoms with Crippen LogP contribution < -0.4 is 10.0 Å². The third-order valence-electron chi connectivity index (χ3n) is 3.84. The maximum atomic E-state index is 11.7. The van der Waals surface area contributed by atoms with Crippen molar-refractivity contribution in [2.24, 2.45) is 0 Å². The van der Waals surface area contributed by atoms with Crippen LogP contribution in [0.25, 0.3) is 0 Å². The molecule has 1 amide bonds. The van der Waals surface area contributed by atoms with Crippen LogP contribution in [-0.2, 0) is 14.8 Å². The van der Waals surface area contributed by atoms with E-state index in [0.29, 0.717) is 25.9 Å². The summed E-state index contributed by atoms with van der Waals surface area (Å²) in [6, 6.07) is 3.71. The molecule has 0 atom stereocenters. The lowest BCUT2D eigenvalue weighted by Gasteiger charge is -2.15. The number of nitrogens with zero attached hydrogens (tertiary/aromatic N) is 2. The predicted molar refractivity (Wildman–Crippen MR) is 88.3 cm³/mol. The van der Waals surface area contributed by atoms with Gasteiger partial charge >= 0.3 is 0 Å². The second kappa shape index (κ2) is 7.58. The highest BCUT2D eigenvalue weighted by Gasteiger charge is 2.21. The van der Waals surface area contributed by atoms with E-state index in [4.69, 9.17) is 0 Å². The van der Waals surface area contributed by atoms with Crippen molar-refractivity contribution in [3.63, 3.8) is 0 Å².